The summed E-state index contributed by atoms with van der Waals surface area (Å²) in [7, 11) is 0. The maximum Gasteiger partial charge on any atom is 0.222 e. The number of hydrogen-bond donors (Lipinski definition) is 1. The van der Waals surface area contributed by atoms with Gasteiger partial charge < -0.3 is 10.0 Å². The molecule has 0 aliphatic carbocycles. The molecule has 1 aromatic carbocycles. The van der Waals surface area contributed by atoms with Crippen molar-refractivity contribution in [1.82, 2.24) is 4.90 Å². The van der Waals surface area contributed by atoms with Crippen molar-refractivity contribution in [3.63, 3.8) is 0 Å². The zero-order chi connectivity index (χ0) is 16.3. The highest BCUT2D eigenvalue weighted by atomic mass is 19.1. The van der Waals surface area contributed by atoms with E-state index in [0.717, 1.165) is 18.6 Å². The predicted molar refractivity (Wildman–Crippen MR) is 80.1 cm³/mol. The molecule has 1 saturated heterocycles. The van der Waals surface area contributed by atoms with Crippen LogP contribution in [0.1, 0.15) is 45.1 Å². The van der Waals surface area contributed by atoms with E-state index in [4.69, 9.17) is 0 Å². The molecule has 0 radical (unpaired) electrons. The Balaban J connectivity index is 2.06. The van der Waals surface area contributed by atoms with Gasteiger partial charge in [-0.2, -0.15) is 0 Å². The van der Waals surface area contributed by atoms with Crippen molar-refractivity contribution in [3.8, 4) is 0 Å². The molecule has 0 bridgehead atoms. The Morgan fingerprint density at radius 2 is 1.86 bits per heavy atom. The van der Waals surface area contributed by atoms with Crippen molar-refractivity contribution in [2.75, 3.05) is 13.1 Å². The molecular formula is C17H23F2NO2. The third-order valence-electron chi connectivity index (χ3n) is 4.59. The number of amides is 1. The summed E-state index contributed by atoms with van der Waals surface area (Å²) < 4.78 is 27.7. The number of likely N-dealkylation sites (tertiary alicyclic amines) is 1. The minimum Gasteiger partial charge on any atom is -0.385 e. The Morgan fingerprint density at radius 3 is 2.36 bits per heavy atom. The normalized spacial score (nSPS) is 19.0. The lowest BCUT2D eigenvalue weighted by molar-refractivity contribution is -0.136. The highest BCUT2D eigenvalue weighted by Crippen LogP contribution is 2.36. The number of aliphatic hydroxyl groups is 1. The summed E-state index contributed by atoms with van der Waals surface area (Å²) in [5.74, 6) is -1.11. The monoisotopic (exact) mass is 311 g/mol. The first-order valence-corrected chi connectivity index (χ1v) is 7.82. The SMILES string of the molecule is CC[C@H](C)CC(=O)N1CCC(O)(c2c(F)cccc2F)CC1. The molecular weight excluding hydrogens is 288 g/mol. The molecule has 2 rings (SSSR count). The fraction of sp³-hybridized carbons (Fsp3) is 0.588. The van der Waals surface area contributed by atoms with E-state index < -0.39 is 17.2 Å². The molecule has 1 aliphatic rings. The lowest BCUT2D eigenvalue weighted by Crippen LogP contribution is -2.46. The van der Waals surface area contributed by atoms with Gasteiger partial charge in [0.2, 0.25) is 5.91 Å². The summed E-state index contributed by atoms with van der Waals surface area (Å²) in [6.07, 6.45) is 1.71. The van der Waals surface area contributed by atoms with Crippen molar-refractivity contribution in [3.05, 3.63) is 35.4 Å². The molecule has 1 aliphatic heterocycles. The Hall–Kier alpha value is -1.49. The van der Waals surface area contributed by atoms with Crippen LogP contribution < -0.4 is 0 Å². The molecule has 5 heteroatoms. The van der Waals surface area contributed by atoms with E-state index in [1.807, 2.05) is 13.8 Å². The van der Waals surface area contributed by atoms with E-state index in [-0.39, 0.29) is 24.3 Å². The summed E-state index contributed by atoms with van der Waals surface area (Å²) in [6.45, 7) is 4.69. The number of carbonyl (C=O) groups excluding carboxylic acids is 1. The van der Waals surface area contributed by atoms with Crippen LogP contribution in [0.4, 0.5) is 8.78 Å². The smallest absolute Gasteiger partial charge is 0.222 e. The van der Waals surface area contributed by atoms with Crippen molar-refractivity contribution in [2.45, 2.75) is 45.1 Å². The number of piperidine rings is 1. The van der Waals surface area contributed by atoms with E-state index in [9.17, 15) is 18.7 Å². The van der Waals surface area contributed by atoms with Crippen LogP contribution in [0.3, 0.4) is 0 Å². The zero-order valence-corrected chi connectivity index (χ0v) is 13.1. The summed E-state index contributed by atoms with van der Waals surface area (Å²) in [6, 6.07) is 3.58. The topological polar surface area (TPSA) is 40.5 Å². The van der Waals surface area contributed by atoms with E-state index >= 15 is 0 Å². The molecule has 1 amide bonds. The molecule has 3 nitrogen and oxygen atoms in total. The summed E-state index contributed by atoms with van der Waals surface area (Å²) in [4.78, 5) is 13.8. The summed E-state index contributed by atoms with van der Waals surface area (Å²) in [5, 5.41) is 10.6. The number of hydrogen-bond acceptors (Lipinski definition) is 2. The van der Waals surface area contributed by atoms with Gasteiger partial charge in [0.05, 0.1) is 11.2 Å². The molecule has 122 valence electrons. The van der Waals surface area contributed by atoms with E-state index in [1.165, 1.54) is 6.07 Å². The molecule has 1 atom stereocenters. The van der Waals surface area contributed by atoms with E-state index in [0.29, 0.717) is 25.4 Å². The van der Waals surface area contributed by atoms with Gasteiger partial charge in [0.15, 0.2) is 0 Å². The van der Waals surface area contributed by atoms with Crippen LogP contribution in [0.2, 0.25) is 0 Å². The van der Waals surface area contributed by atoms with Crippen LogP contribution in [0, 0.1) is 17.6 Å². The molecule has 0 saturated carbocycles. The Morgan fingerprint density at radius 1 is 1.32 bits per heavy atom. The first-order valence-electron chi connectivity index (χ1n) is 7.82. The predicted octanol–water partition coefficient (Wildman–Crippen LogP) is 3.21. The van der Waals surface area contributed by atoms with Gasteiger partial charge in [-0.15, -0.1) is 0 Å². The number of benzene rings is 1. The molecule has 0 spiro atoms. The van der Waals surface area contributed by atoms with Gasteiger partial charge in [0.1, 0.15) is 11.6 Å². The van der Waals surface area contributed by atoms with Crippen molar-refractivity contribution < 1.29 is 18.7 Å². The molecule has 22 heavy (non-hydrogen) atoms. The van der Waals surface area contributed by atoms with Gasteiger partial charge in [0.25, 0.3) is 0 Å². The third kappa shape index (κ3) is 3.46. The standard InChI is InChI=1S/C17H23F2NO2/c1-3-12(2)11-15(21)20-9-7-17(22,8-10-20)16-13(18)5-4-6-14(16)19/h4-6,12,22H,3,7-11H2,1-2H3/t12-/m0/s1. The fourth-order valence-electron chi connectivity index (χ4n) is 2.89. The molecule has 0 aromatic heterocycles. The lowest BCUT2D eigenvalue weighted by atomic mass is 9.83. The van der Waals surface area contributed by atoms with Crippen molar-refractivity contribution in [2.24, 2.45) is 5.92 Å². The minimum absolute atomic E-state index is 0.0467. The first-order chi connectivity index (χ1) is 10.4. The Labute approximate surface area is 129 Å². The highest BCUT2D eigenvalue weighted by molar-refractivity contribution is 5.76. The van der Waals surface area contributed by atoms with Crippen LogP contribution >= 0.6 is 0 Å². The van der Waals surface area contributed by atoms with Gasteiger partial charge in [-0.05, 0) is 30.9 Å². The molecule has 1 N–H and O–H groups in total. The van der Waals surface area contributed by atoms with Crippen LogP contribution in [0.5, 0.6) is 0 Å². The fourth-order valence-corrected chi connectivity index (χ4v) is 2.89. The van der Waals surface area contributed by atoms with Gasteiger partial charge in [-0.3, -0.25) is 4.79 Å². The van der Waals surface area contributed by atoms with Crippen molar-refractivity contribution >= 4 is 5.91 Å². The molecule has 0 unspecified atom stereocenters. The number of carbonyl (C=O) groups is 1. The lowest BCUT2D eigenvalue weighted by Gasteiger charge is -2.39. The largest absolute Gasteiger partial charge is 0.385 e. The maximum atomic E-state index is 13.9. The highest BCUT2D eigenvalue weighted by Gasteiger charge is 2.39. The second-order valence-corrected chi connectivity index (χ2v) is 6.23. The second-order valence-electron chi connectivity index (χ2n) is 6.23. The Kier molecular flexibility index (Phi) is 5.16. The van der Waals surface area contributed by atoms with Gasteiger partial charge in [-0.1, -0.05) is 26.3 Å². The van der Waals surface area contributed by atoms with Crippen LogP contribution in [0.25, 0.3) is 0 Å². The number of nitrogens with zero attached hydrogens (tertiary/aromatic N) is 1. The van der Waals surface area contributed by atoms with Crippen LogP contribution in [0.15, 0.2) is 18.2 Å². The second kappa shape index (κ2) is 6.73. The average Bonchev–Trinajstić information content (AvgIpc) is 2.47. The molecule has 1 aromatic rings. The average molecular weight is 311 g/mol. The first kappa shape index (κ1) is 16.9. The number of halogens is 2. The number of rotatable bonds is 4. The van der Waals surface area contributed by atoms with Crippen LogP contribution in [-0.2, 0) is 10.4 Å². The van der Waals surface area contributed by atoms with E-state index in [2.05, 4.69) is 0 Å². The maximum absolute atomic E-state index is 13.9. The minimum atomic E-state index is -1.54. The molecule has 1 fully saturated rings. The van der Waals surface area contributed by atoms with Gasteiger partial charge >= 0.3 is 0 Å². The van der Waals surface area contributed by atoms with E-state index in [1.54, 1.807) is 4.90 Å². The molecule has 1 heterocycles. The third-order valence-corrected chi connectivity index (χ3v) is 4.59. The quantitative estimate of drug-likeness (QED) is 0.927. The zero-order valence-electron chi connectivity index (χ0n) is 13.1. The summed E-state index contributed by atoms with van der Waals surface area (Å²) in [5.41, 5.74) is -1.81. The van der Waals surface area contributed by atoms with Crippen LogP contribution in [-0.4, -0.2) is 29.0 Å². The van der Waals surface area contributed by atoms with Gasteiger partial charge in [0, 0.05) is 19.5 Å². The summed E-state index contributed by atoms with van der Waals surface area (Å²) >= 11 is 0. The van der Waals surface area contributed by atoms with Crippen molar-refractivity contribution in [1.29, 1.82) is 0 Å². The van der Waals surface area contributed by atoms with Gasteiger partial charge in [-0.25, -0.2) is 8.78 Å². The Bertz CT molecular complexity index is 519.